The minimum Gasteiger partial charge on any atom is -0.563 e. The lowest BCUT2D eigenvalue weighted by atomic mass is 10.1. The Bertz CT molecular complexity index is 403. The van der Waals surface area contributed by atoms with Crippen LogP contribution >= 0.6 is 0 Å². The third-order valence-electron chi connectivity index (χ3n) is 2.44. The molecule has 3 N–H and O–H groups in total. The summed E-state index contributed by atoms with van der Waals surface area (Å²) in [5.41, 5.74) is 0.867. The number of carbonyl (C=O) groups excluding carboxylic acids is 2. The van der Waals surface area contributed by atoms with E-state index in [0.29, 0.717) is 0 Å². The first-order valence-electron chi connectivity index (χ1n) is 5.73. The van der Waals surface area contributed by atoms with E-state index >= 15 is 0 Å². The van der Waals surface area contributed by atoms with Gasteiger partial charge in [-0.1, -0.05) is 44.2 Å². The number of alkyl carbamates (subject to hydrolysis) is 1. The van der Waals surface area contributed by atoms with E-state index in [1.165, 1.54) is 0 Å². The van der Waals surface area contributed by atoms with Crippen molar-refractivity contribution in [2.24, 2.45) is 5.92 Å². The second-order valence-corrected chi connectivity index (χ2v) is 4.29. The second kappa shape index (κ2) is 6.64. The molecule has 1 amide bonds. The van der Waals surface area contributed by atoms with Crippen LogP contribution in [0.25, 0.3) is 0 Å². The number of rotatable bonds is 5. The molecule has 1 aromatic carbocycles. The van der Waals surface area contributed by atoms with Crippen LogP contribution in [0, 0.1) is 5.92 Å². The third kappa shape index (κ3) is 4.45. The van der Waals surface area contributed by atoms with Gasteiger partial charge in [0.1, 0.15) is 6.61 Å². The van der Waals surface area contributed by atoms with Crippen LogP contribution in [0.3, 0.4) is 0 Å². The predicted molar refractivity (Wildman–Crippen MR) is 67.0 cm³/mol. The molecule has 0 saturated heterocycles. The summed E-state index contributed by atoms with van der Waals surface area (Å²) in [6.45, 7) is 3.66. The molecular weight excluding hydrogens is 234 g/mol. The molecule has 0 aliphatic rings. The quantitative estimate of drug-likeness (QED) is 0.799. The van der Waals surface area contributed by atoms with Crippen LogP contribution in [-0.2, 0) is 16.1 Å². The van der Waals surface area contributed by atoms with Crippen LogP contribution in [0.1, 0.15) is 19.4 Å². The molecule has 5 heteroatoms. The third-order valence-corrected chi connectivity index (χ3v) is 2.44. The Labute approximate surface area is 106 Å². The number of carbonyl (C=O) groups is 2. The van der Waals surface area contributed by atoms with Crippen LogP contribution < -0.4 is 5.32 Å². The highest BCUT2D eigenvalue weighted by molar-refractivity contribution is 5.80. The van der Waals surface area contributed by atoms with E-state index in [4.69, 9.17) is 9.84 Å². The molecule has 1 atom stereocenters. The van der Waals surface area contributed by atoms with Crippen molar-refractivity contribution in [3.05, 3.63) is 35.9 Å². The zero-order chi connectivity index (χ0) is 13.5. The lowest BCUT2D eigenvalue weighted by molar-refractivity contribution is -0.140. The summed E-state index contributed by atoms with van der Waals surface area (Å²) in [5.74, 6) is -0.957. The highest BCUT2D eigenvalue weighted by atomic mass is 16.5. The zero-order valence-electron chi connectivity index (χ0n) is 10.5. The Morgan fingerprint density at radius 3 is 2.39 bits per heavy atom. The first kappa shape index (κ1) is 14.0. The first-order chi connectivity index (χ1) is 8.50. The Hall–Kier alpha value is -2.04. The van der Waals surface area contributed by atoms with E-state index in [1.807, 2.05) is 30.3 Å². The predicted octanol–water partition coefficient (Wildman–Crippen LogP) is 1.19. The fourth-order valence-corrected chi connectivity index (χ4v) is 1.43. The average molecular weight is 252 g/mol. The van der Waals surface area contributed by atoms with Crippen LogP contribution in [0.15, 0.2) is 30.3 Å². The van der Waals surface area contributed by atoms with Gasteiger partial charge >= 0.3 is 12.1 Å². The van der Waals surface area contributed by atoms with Crippen LogP contribution in [0.4, 0.5) is 4.79 Å². The second-order valence-electron chi connectivity index (χ2n) is 4.29. The molecule has 0 spiro atoms. The van der Waals surface area contributed by atoms with Crippen molar-refractivity contribution in [3.8, 4) is 0 Å². The highest BCUT2D eigenvalue weighted by Gasteiger charge is 2.30. The van der Waals surface area contributed by atoms with Gasteiger partial charge in [-0.3, -0.25) is 0 Å². The molecule has 0 saturated carbocycles. The molecule has 0 aromatic heterocycles. The van der Waals surface area contributed by atoms with E-state index in [0.717, 1.165) is 5.56 Å². The maximum absolute atomic E-state index is 11.5. The number of nitrogens with one attached hydrogen (secondary N) is 1. The van der Waals surface area contributed by atoms with Gasteiger partial charge in [0.15, 0.2) is 6.04 Å². The number of benzene rings is 1. The molecule has 0 aliphatic carbocycles. The largest absolute Gasteiger partial charge is 0.563 e. The van der Waals surface area contributed by atoms with Gasteiger partial charge in [0.25, 0.3) is 0 Å². The van der Waals surface area contributed by atoms with Gasteiger partial charge in [-0.25, -0.2) is 4.79 Å². The van der Waals surface area contributed by atoms with E-state index < -0.39 is 18.1 Å². The Morgan fingerprint density at radius 1 is 1.28 bits per heavy atom. The molecule has 0 radical (unpaired) electrons. The minimum atomic E-state index is -0.826. The van der Waals surface area contributed by atoms with Crippen molar-refractivity contribution >= 4 is 12.1 Å². The van der Waals surface area contributed by atoms with Crippen LogP contribution in [0.2, 0.25) is 0 Å². The summed E-state index contributed by atoms with van der Waals surface area (Å²) in [6.07, 6.45) is -0.682. The van der Waals surface area contributed by atoms with Crippen molar-refractivity contribution in [1.29, 1.82) is 0 Å². The molecule has 5 nitrogen and oxygen atoms in total. The summed E-state index contributed by atoms with van der Waals surface area (Å²) in [5, 5.41) is 9.43. The van der Waals surface area contributed by atoms with Gasteiger partial charge in [0.05, 0.1) is 0 Å². The SMILES string of the molecule is CC(C)[C@H](NC(=O)OCc1ccccc1)C(=O)[OH2+]. The standard InChI is InChI=1S/C13H17NO4/c1-9(2)11(12(15)16)14-13(17)18-8-10-6-4-3-5-7-10/h3-7,9,11H,8H2,1-2H3,(H,14,17)(H,15,16)/p+1/t11-/m0/s1. The van der Waals surface area contributed by atoms with E-state index in [2.05, 4.69) is 5.32 Å². The van der Waals surface area contributed by atoms with Crippen LogP contribution in [0.5, 0.6) is 0 Å². The summed E-state index contributed by atoms with van der Waals surface area (Å²) in [6, 6.07) is 8.41. The molecule has 98 valence electrons. The number of ether oxygens (including phenoxy) is 1. The minimum absolute atomic E-state index is 0.140. The maximum Gasteiger partial charge on any atom is 0.538 e. The monoisotopic (exact) mass is 252 g/mol. The summed E-state index contributed by atoms with van der Waals surface area (Å²) in [7, 11) is 0. The highest BCUT2D eigenvalue weighted by Crippen LogP contribution is 2.04. The molecule has 0 aliphatic heterocycles. The van der Waals surface area contributed by atoms with Gasteiger partial charge in [-0.15, -0.1) is 0 Å². The molecular formula is C13H18NO4+. The average Bonchev–Trinajstić information content (AvgIpc) is 2.34. The number of hydrogen-bond donors (Lipinski definition) is 1. The number of hydrogen-bond acceptors (Lipinski definition) is 3. The normalized spacial score (nSPS) is 11.9. The van der Waals surface area contributed by atoms with Gasteiger partial charge in [-0.2, -0.15) is 0 Å². The number of amides is 1. The smallest absolute Gasteiger partial charge is 0.538 e. The topological polar surface area (TPSA) is 78.3 Å². The van der Waals surface area contributed by atoms with Crippen LogP contribution in [-0.4, -0.2) is 23.2 Å². The van der Waals surface area contributed by atoms with E-state index in [-0.39, 0.29) is 12.5 Å². The summed E-state index contributed by atoms with van der Waals surface area (Å²) >= 11 is 0. The van der Waals surface area contributed by atoms with Crippen molar-refractivity contribution in [3.63, 3.8) is 0 Å². The molecule has 0 heterocycles. The Kier molecular flexibility index (Phi) is 5.17. The first-order valence-corrected chi connectivity index (χ1v) is 5.73. The fraction of sp³-hybridized carbons (Fsp3) is 0.385. The fourth-order valence-electron chi connectivity index (χ4n) is 1.43. The molecule has 18 heavy (non-hydrogen) atoms. The maximum atomic E-state index is 11.5. The van der Waals surface area contributed by atoms with E-state index in [1.54, 1.807) is 13.8 Å². The molecule has 1 rings (SSSR count). The van der Waals surface area contributed by atoms with Gasteiger partial charge in [-0.05, 0) is 11.5 Å². The van der Waals surface area contributed by atoms with Crippen molar-refractivity contribution in [1.82, 2.24) is 5.32 Å². The van der Waals surface area contributed by atoms with Crippen molar-refractivity contribution < 1.29 is 19.4 Å². The molecule has 1 aromatic rings. The Balaban J connectivity index is 2.44. The molecule has 0 unspecified atom stereocenters. The van der Waals surface area contributed by atoms with Gasteiger partial charge in [0.2, 0.25) is 0 Å². The summed E-state index contributed by atoms with van der Waals surface area (Å²) < 4.78 is 4.97. The summed E-state index contributed by atoms with van der Waals surface area (Å²) in [4.78, 5) is 22.5. The molecule has 0 bridgehead atoms. The lowest BCUT2D eigenvalue weighted by Crippen LogP contribution is -2.44. The van der Waals surface area contributed by atoms with Gasteiger partial charge < -0.3 is 15.2 Å². The molecule has 0 fully saturated rings. The van der Waals surface area contributed by atoms with Gasteiger partial charge in [0, 0.05) is 4.79 Å². The van der Waals surface area contributed by atoms with Crippen molar-refractivity contribution in [2.75, 3.05) is 0 Å². The van der Waals surface area contributed by atoms with E-state index in [9.17, 15) is 9.59 Å². The zero-order valence-corrected chi connectivity index (χ0v) is 10.5. The Morgan fingerprint density at radius 2 is 1.89 bits per heavy atom. The lowest BCUT2D eigenvalue weighted by Gasteiger charge is -2.14. The van der Waals surface area contributed by atoms with Crippen molar-refractivity contribution in [2.45, 2.75) is 26.5 Å².